The number of nitrogens with two attached hydrogens (primary N) is 1. The SMILES string of the molecule is Nc1nc(C(=O)Nc2cc3cn(C4CCN(CC5CCN(c6ccc7c(c6)C(=O)N(C6CCC(=O)NC6=O)C7)CC5)CC4)nc3cc2N2CCCCC2)co1. The minimum absolute atomic E-state index is 0.0381. The molecule has 0 bridgehead atoms. The summed E-state index contributed by atoms with van der Waals surface area (Å²) in [7, 11) is 0. The summed E-state index contributed by atoms with van der Waals surface area (Å²) in [6.45, 7) is 7.30. The normalized spacial score (nSPS) is 21.7. The van der Waals surface area contributed by atoms with Gasteiger partial charge in [-0.2, -0.15) is 10.1 Å². The van der Waals surface area contributed by atoms with E-state index in [0.29, 0.717) is 30.5 Å². The summed E-state index contributed by atoms with van der Waals surface area (Å²) in [5, 5.41) is 11.5. The topological polar surface area (TPSA) is 175 Å². The van der Waals surface area contributed by atoms with E-state index in [9.17, 15) is 19.2 Å². The second-order valence-corrected chi connectivity index (χ2v) is 15.8. The summed E-state index contributed by atoms with van der Waals surface area (Å²) >= 11 is 0. The first-order chi connectivity index (χ1) is 26.8. The summed E-state index contributed by atoms with van der Waals surface area (Å²) in [5.41, 5.74) is 11.1. The average Bonchev–Trinajstić information content (AvgIpc) is 3.92. The standard InChI is InChI=1S/C40H48N10O5/c41-40-43-33(24-55-40)37(52)42-32-18-27-23-50(45-31(27)20-35(32)48-12-2-1-3-13-48)28-10-14-46(15-11-28)21-25-8-16-47(17-9-25)29-5-4-26-22-49(39(54)30(26)19-29)34-6-7-36(51)44-38(34)53/h4-5,18-20,23-25,28,34H,1-3,6-17,21-22H2,(H2,41,43)(H,42,52)(H,44,51,53). The fourth-order valence-electron chi connectivity index (χ4n) is 9.19. The molecular weight excluding hydrogens is 701 g/mol. The van der Waals surface area contributed by atoms with Crippen LogP contribution >= 0.6 is 0 Å². The Labute approximate surface area is 319 Å². The number of nitrogen functional groups attached to an aromatic ring is 1. The molecule has 1 atom stereocenters. The lowest BCUT2D eigenvalue weighted by atomic mass is 9.94. The van der Waals surface area contributed by atoms with Gasteiger partial charge in [-0.3, -0.25) is 29.2 Å². The van der Waals surface area contributed by atoms with Gasteiger partial charge < -0.3 is 35.1 Å². The third-order valence-electron chi connectivity index (χ3n) is 12.3. The average molecular weight is 749 g/mol. The highest BCUT2D eigenvalue weighted by Crippen LogP contribution is 2.36. The zero-order valence-corrected chi connectivity index (χ0v) is 31.0. The van der Waals surface area contributed by atoms with Gasteiger partial charge in [0.15, 0.2) is 5.69 Å². The molecule has 4 N–H and O–H groups in total. The van der Waals surface area contributed by atoms with Crippen molar-refractivity contribution >= 4 is 57.6 Å². The second kappa shape index (κ2) is 14.7. The van der Waals surface area contributed by atoms with Gasteiger partial charge in [-0.25, -0.2) is 0 Å². The third kappa shape index (κ3) is 7.12. The van der Waals surface area contributed by atoms with Gasteiger partial charge in [0, 0.05) is 81.6 Å². The third-order valence-corrected chi connectivity index (χ3v) is 12.3. The number of oxazole rings is 1. The first-order valence-corrected chi connectivity index (χ1v) is 19.8. The predicted octanol–water partition coefficient (Wildman–Crippen LogP) is 4.16. The van der Waals surface area contributed by atoms with Crippen LogP contribution in [-0.4, -0.2) is 100 Å². The zero-order valence-electron chi connectivity index (χ0n) is 31.0. The summed E-state index contributed by atoms with van der Waals surface area (Å²) < 4.78 is 7.20. The number of fused-ring (bicyclic) bond motifs is 2. The second-order valence-electron chi connectivity index (χ2n) is 15.8. The molecular formula is C40H48N10O5. The Kier molecular flexibility index (Phi) is 9.40. The van der Waals surface area contributed by atoms with Crippen LogP contribution in [0.5, 0.6) is 0 Å². The molecule has 4 aromatic rings. The van der Waals surface area contributed by atoms with Crippen molar-refractivity contribution in [2.24, 2.45) is 5.92 Å². The summed E-state index contributed by atoms with van der Waals surface area (Å²) in [4.78, 5) is 63.5. The van der Waals surface area contributed by atoms with E-state index in [4.69, 9.17) is 15.2 Å². The Hall–Kier alpha value is -5.44. The zero-order chi connectivity index (χ0) is 37.6. The number of hydrogen-bond acceptors (Lipinski definition) is 11. The number of benzene rings is 2. The van der Waals surface area contributed by atoms with Gasteiger partial charge in [-0.15, -0.1) is 0 Å². The quantitative estimate of drug-likeness (QED) is 0.221. The van der Waals surface area contributed by atoms with E-state index in [2.05, 4.69) is 53.3 Å². The van der Waals surface area contributed by atoms with Crippen molar-refractivity contribution in [3.8, 4) is 0 Å². The van der Waals surface area contributed by atoms with Crippen LogP contribution in [-0.2, 0) is 16.1 Å². The van der Waals surface area contributed by atoms with Crippen LogP contribution in [0.3, 0.4) is 0 Å². The summed E-state index contributed by atoms with van der Waals surface area (Å²) in [6.07, 6.45) is 11.7. The molecule has 0 aliphatic carbocycles. The van der Waals surface area contributed by atoms with E-state index in [1.54, 1.807) is 4.90 Å². The summed E-state index contributed by atoms with van der Waals surface area (Å²) in [5.74, 6) is -0.519. The Bertz CT molecular complexity index is 2120. The largest absolute Gasteiger partial charge is 0.431 e. The molecule has 4 saturated heterocycles. The van der Waals surface area contributed by atoms with Crippen molar-refractivity contribution in [2.45, 2.75) is 76.4 Å². The van der Waals surface area contributed by atoms with Crippen LogP contribution in [0, 0.1) is 5.92 Å². The molecule has 7 heterocycles. The van der Waals surface area contributed by atoms with Crippen molar-refractivity contribution in [3.05, 3.63) is 59.6 Å². The van der Waals surface area contributed by atoms with Gasteiger partial charge >= 0.3 is 0 Å². The number of carbonyl (C=O) groups is 4. The van der Waals surface area contributed by atoms with E-state index in [1.165, 1.54) is 12.7 Å². The lowest BCUT2D eigenvalue weighted by Gasteiger charge is -2.38. The molecule has 5 aliphatic heterocycles. The molecule has 0 spiro atoms. The molecule has 5 aliphatic rings. The highest BCUT2D eigenvalue weighted by atomic mass is 16.4. The number of amides is 4. The number of hydrogen-bond donors (Lipinski definition) is 3. The van der Waals surface area contributed by atoms with Crippen LogP contribution in [0.15, 0.2) is 47.2 Å². The smallest absolute Gasteiger partial charge is 0.292 e. The maximum atomic E-state index is 13.4. The maximum Gasteiger partial charge on any atom is 0.292 e. The fourth-order valence-corrected chi connectivity index (χ4v) is 9.19. The number of piperidine rings is 4. The number of nitrogens with zero attached hydrogens (tertiary/aromatic N) is 7. The number of imide groups is 1. The van der Waals surface area contributed by atoms with E-state index >= 15 is 0 Å². The molecule has 0 saturated carbocycles. The van der Waals surface area contributed by atoms with Crippen molar-refractivity contribution in [1.29, 1.82) is 0 Å². The van der Waals surface area contributed by atoms with Crippen LogP contribution in [0.25, 0.3) is 10.9 Å². The summed E-state index contributed by atoms with van der Waals surface area (Å²) in [6, 6.07) is 9.94. The Morgan fingerprint density at radius 1 is 0.927 bits per heavy atom. The van der Waals surface area contributed by atoms with Gasteiger partial charge in [0.1, 0.15) is 12.3 Å². The van der Waals surface area contributed by atoms with Crippen LogP contribution < -0.4 is 26.2 Å². The lowest BCUT2D eigenvalue weighted by Crippen LogP contribution is -2.52. The molecule has 9 rings (SSSR count). The molecule has 4 amide bonds. The minimum Gasteiger partial charge on any atom is -0.431 e. The minimum atomic E-state index is -0.597. The van der Waals surface area contributed by atoms with Gasteiger partial charge in [0.2, 0.25) is 11.8 Å². The number of likely N-dealkylation sites (tertiary alicyclic amines) is 1. The van der Waals surface area contributed by atoms with Crippen LogP contribution in [0.1, 0.15) is 90.2 Å². The molecule has 2 aromatic carbocycles. The highest BCUT2D eigenvalue weighted by Gasteiger charge is 2.39. The van der Waals surface area contributed by atoms with Gasteiger partial charge in [-0.1, -0.05) is 6.07 Å². The first kappa shape index (κ1) is 35.3. The monoisotopic (exact) mass is 748 g/mol. The molecule has 2 aromatic heterocycles. The van der Waals surface area contributed by atoms with Crippen molar-refractivity contribution in [1.82, 2.24) is 29.9 Å². The lowest BCUT2D eigenvalue weighted by molar-refractivity contribution is -0.136. The number of aromatic nitrogens is 3. The predicted molar refractivity (Wildman–Crippen MR) is 207 cm³/mol. The number of anilines is 4. The Morgan fingerprint density at radius 2 is 1.73 bits per heavy atom. The maximum absolute atomic E-state index is 13.4. The Morgan fingerprint density at radius 3 is 2.47 bits per heavy atom. The van der Waals surface area contributed by atoms with Gasteiger partial charge in [0.05, 0.1) is 22.9 Å². The van der Waals surface area contributed by atoms with Gasteiger partial charge in [0.25, 0.3) is 17.8 Å². The molecule has 55 heavy (non-hydrogen) atoms. The number of rotatable bonds is 8. The van der Waals surface area contributed by atoms with Crippen molar-refractivity contribution in [2.75, 3.05) is 66.7 Å². The highest BCUT2D eigenvalue weighted by molar-refractivity contribution is 6.07. The van der Waals surface area contributed by atoms with E-state index in [0.717, 1.165) is 118 Å². The van der Waals surface area contributed by atoms with Crippen molar-refractivity contribution in [3.63, 3.8) is 0 Å². The Balaban J connectivity index is 0.794. The van der Waals surface area contributed by atoms with Gasteiger partial charge in [-0.05, 0) is 87.1 Å². The fraction of sp³-hybridized carbons (Fsp3) is 0.500. The molecule has 4 fully saturated rings. The molecule has 0 radical (unpaired) electrons. The van der Waals surface area contributed by atoms with Crippen molar-refractivity contribution < 1.29 is 23.6 Å². The molecule has 1 unspecified atom stereocenters. The number of nitrogens with one attached hydrogen (secondary N) is 2. The van der Waals surface area contributed by atoms with E-state index in [-0.39, 0.29) is 41.8 Å². The van der Waals surface area contributed by atoms with Crippen LogP contribution in [0.2, 0.25) is 0 Å². The molecule has 15 nitrogen and oxygen atoms in total. The molecule has 288 valence electrons. The molecule has 15 heteroatoms. The first-order valence-electron chi connectivity index (χ1n) is 19.8. The van der Waals surface area contributed by atoms with E-state index < -0.39 is 6.04 Å². The number of carbonyl (C=O) groups excluding carboxylic acids is 4. The van der Waals surface area contributed by atoms with E-state index in [1.807, 2.05) is 18.2 Å². The van der Waals surface area contributed by atoms with Crippen LogP contribution in [0.4, 0.5) is 23.1 Å².